The lowest BCUT2D eigenvalue weighted by molar-refractivity contribution is -0.131. The minimum Gasteiger partial charge on any atom is -0.483 e. The smallest absolute Gasteiger partial charge is 0.290 e. The van der Waals surface area contributed by atoms with Crippen molar-refractivity contribution in [3.05, 3.63) is 0 Å². The van der Waals surface area contributed by atoms with Gasteiger partial charge >= 0.3 is 0 Å². The SMILES string of the molecule is CN(C)CC(C)(C(N)=O)C1CCNCC1.O=CO. The van der Waals surface area contributed by atoms with Crippen molar-refractivity contribution in [2.24, 2.45) is 17.1 Å². The first-order valence-corrected chi connectivity index (χ1v) is 6.11. The predicted octanol–water partition coefficient (Wildman–Crippen LogP) is -0.260. The summed E-state index contributed by atoms with van der Waals surface area (Å²) in [7, 11) is 3.98. The van der Waals surface area contributed by atoms with E-state index in [1.807, 2.05) is 25.9 Å². The van der Waals surface area contributed by atoms with Crippen molar-refractivity contribution in [2.45, 2.75) is 19.8 Å². The van der Waals surface area contributed by atoms with Crippen molar-refractivity contribution in [3.8, 4) is 0 Å². The van der Waals surface area contributed by atoms with E-state index >= 15 is 0 Å². The summed E-state index contributed by atoms with van der Waals surface area (Å²) in [5, 5.41) is 10.2. The molecule has 0 saturated carbocycles. The first kappa shape index (κ1) is 16.9. The fraction of sp³-hybridized carbons (Fsp3) is 0.833. The minimum atomic E-state index is -0.383. The lowest BCUT2D eigenvalue weighted by Crippen LogP contribution is -2.50. The summed E-state index contributed by atoms with van der Waals surface area (Å²) in [6.45, 7) is 4.50. The van der Waals surface area contributed by atoms with Crippen molar-refractivity contribution in [1.82, 2.24) is 10.2 Å². The summed E-state index contributed by atoms with van der Waals surface area (Å²) in [6.07, 6.45) is 2.10. The van der Waals surface area contributed by atoms with E-state index in [9.17, 15) is 4.79 Å². The summed E-state index contributed by atoms with van der Waals surface area (Å²) in [5.41, 5.74) is 5.18. The molecule has 0 radical (unpaired) electrons. The molecule has 18 heavy (non-hydrogen) atoms. The van der Waals surface area contributed by atoms with Crippen LogP contribution in [0.1, 0.15) is 19.8 Å². The molecule has 1 rings (SSSR count). The van der Waals surface area contributed by atoms with E-state index < -0.39 is 0 Å². The Balaban J connectivity index is 0.000000873. The van der Waals surface area contributed by atoms with Gasteiger partial charge in [0.1, 0.15) is 0 Å². The summed E-state index contributed by atoms with van der Waals surface area (Å²) in [4.78, 5) is 22.0. The van der Waals surface area contributed by atoms with Crippen LogP contribution < -0.4 is 11.1 Å². The fourth-order valence-corrected chi connectivity index (χ4v) is 2.52. The molecular weight excluding hydrogens is 234 g/mol. The number of piperidine rings is 1. The quantitative estimate of drug-likeness (QED) is 0.605. The fourth-order valence-electron chi connectivity index (χ4n) is 2.52. The van der Waals surface area contributed by atoms with Crippen LogP contribution in [0.2, 0.25) is 0 Å². The zero-order chi connectivity index (χ0) is 14.2. The molecule has 0 aromatic carbocycles. The van der Waals surface area contributed by atoms with Crippen molar-refractivity contribution in [2.75, 3.05) is 33.7 Å². The van der Waals surface area contributed by atoms with Crippen molar-refractivity contribution in [3.63, 3.8) is 0 Å². The van der Waals surface area contributed by atoms with Gasteiger partial charge < -0.3 is 21.1 Å². The van der Waals surface area contributed by atoms with E-state index in [2.05, 4.69) is 5.32 Å². The number of nitrogens with one attached hydrogen (secondary N) is 1. The number of primary amides is 1. The Labute approximate surface area is 109 Å². The average Bonchev–Trinajstić information content (AvgIpc) is 2.30. The summed E-state index contributed by atoms with van der Waals surface area (Å²) in [6, 6.07) is 0. The van der Waals surface area contributed by atoms with Gasteiger partial charge in [0, 0.05) is 6.54 Å². The number of rotatable bonds is 4. The standard InChI is InChI=1S/C11H23N3O.CH2O2/c1-11(10(12)15,8-14(2)3)9-4-6-13-7-5-9;2-1-3/h9,13H,4-8H2,1-3H3,(H2,12,15);1H,(H,2,3). The summed E-state index contributed by atoms with van der Waals surface area (Å²) < 4.78 is 0. The summed E-state index contributed by atoms with van der Waals surface area (Å²) >= 11 is 0. The molecule has 1 unspecified atom stereocenters. The Morgan fingerprint density at radius 2 is 1.94 bits per heavy atom. The molecule has 1 aliphatic heterocycles. The number of carbonyl (C=O) groups is 2. The highest BCUT2D eigenvalue weighted by atomic mass is 16.3. The molecule has 106 valence electrons. The summed E-state index contributed by atoms with van der Waals surface area (Å²) in [5.74, 6) is 0.252. The molecule has 1 heterocycles. The number of carbonyl (C=O) groups excluding carboxylic acids is 1. The maximum atomic E-state index is 11.6. The zero-order valence-corrected chi connectivity index (χ0v) is 11.5. The van der Waals surface area contributed by atoms with Crippen molar-refractivity contribution >= 4 is 12.4 Å². The van der Waals surface area contributed by atoms with Gasteiger partial charge in [-0.3, -0.25) is 9.59 Å². The van der Waals surface area contributed by atoms with Gasteiger partial charge in [0.25, 0.3) is 6.47 Å². The molecule has 1 aliphatic rings. The average molecular weight is 259 g/mol. The van der Waals surface area contributed by atoms with E-state index in [1.54, 1.807) is 0 Å². The first-order valence-electron chi connectivity index (χ1n) is 6.11. The highest BCUT2D eigenvalue weighted by molar-refractivity contribution is 5.81. The highest BCUT2D eigenvalue weighted by Gasteiger charge is 2.40. The van der Waals surface area contributed by atoms with Crippen LogP contribution in [0.15, 0.2) is 0 Å². The van der Waals surface area contributed by atoms with E-state index in [0.29, 0.717) is 5.92 Å². The molecule has 6 nitrogen and oxygen atoms in total. The Kier molecular flexibility index (Phi) is 7.54. The van der Waals surface area contributed by atoms with Crippen LogP contribution in [0, 0.1) is 11.3 Å². The van der Waals surface area contributed by atoms with E-state index in [-0.39, 0.29) is 17.8 Å². The Bertz CT molecular complexity index is 265. The number of amides is 1. The van der Waals surface area contributed by atoms with Gasteiger partial charge in [-0.2, -0.15) is 0 Å². The lowest BCUT2D eigenvalue weighted by Gasteiger charge is -2.39. The van der Waals surface area contributed by atoms with E-state index in [0.717, 1.165) is 32.5 Å². The maximum absolute atomic E-state index is 11.6. The molecule has 1 atom stereocenters. The van der Waals surface area contributed by atoms with Crippen LogP contribution in [0.25, 0.3) is 0 Å². The lowest BCUT2D eigenvalue weighted by atomic mass is 9.71. The number of hydrogen-bond acceptors (Lipinski definition) is 4. The molecule has 4 N–H and O–H groups in total. The minimum absolute atomic E-state index is 0.164. The Hall–Kier alpha value is -1.14. The normalized spacial score (nSPS) is 19.6. The van der Waals surface area contributed by atoms with Crippen LogP contribution in [-0.2, 0) is 9.59 Å². The Morgan fingerprint density at radius 1 is 1.50 bits per heavy atom. The molecule has 6 heteroatoms. The monoisotopic (exact) mass is 259 g/mol. The van der Waals surface area contributed by atoms with Crippen LogP contribution in [0.4, 0.5) is 0 Å². The Morgan fingerprint density at radius 3 is 2.28 bits per heavy atom. The third-order valence-electron chi connectivity index (χ3n) is 3.45. The second-order valence-corrected chi connectivity index (χ2v) is 5.15. The molecule has 1 saturated heterocycles. The van der Waals surface area contributed by atoms with E-state index in [4.69, 9.17) is 15.6 Å². The molecular formula is C12H25N3O3. The van der Waals surface area contributed by atoms with Gasteiger partial charge in [-0.25, -0.2) is 0 Å². The highest BCUT2D eigenvalue weighted by Crippen LogP contribution is 2.34. The molecule has 0 bridgehead atoms. The largest absolute Gasteiger partial charge is 0.483 e. The topological polar surface area (TPSA) is 95.7 Å². The second kappa shape index (κ2) is 8.05. The number of nitrogens with zero attached hydrogens (tertiary/aromatic N) is 1. The number of nitrogens with two attached hydrogens (primary N) is 1. The molecule has 0 spiro atoms. The maximum Gasteiger partial charge on any atom is 0.290 e. The second-order valence-electron chi connectivity index (χ2n) is 5.15. The van der Waals surface area contributed by atoms with E-state index in [1.165, 1.54) is 0 Å². The third-order valence-corrected chi connectivity index (χ3v) is 3.45. The van der Waals surface area contributed by atoms with Gasteiger partial charge in [0.2, 0.25) is 5.91 Å². The molecule has 1 amide bonds. The zero-order valence-electron chi connectivity index (χ0n) is 11.5. The van der Waals surface area contributed by atoms with Crippen LogP contribution in [-0.4, -0.2) is 56.1 Å². The van der Waals surface area contributed by atoms with Gasteiger partial charge in [-0.15, -0.1) is 0 Å². The van der Waals surface area contributed by atoms with Gasteiger partial charge in [0.05, 0.1) is 5.41 Å². The van der Waals surface area contributed by atoms with Gasteiger partial charge in [0.15, 0.2) is 0 Å². The predicted molar refractivity (Wildman–Crippen MR) is 70.1 cm³/mol. The number of hydrogen-bond donors (Lipinski definition) is 3. The van der Waals surface area contributed by atoms with Crippen LogP contribution in [0.3, 0.4) is 0 Å². The molecule has 0 aliphatic carbocycles. The molecule has 1 fully saturated rings. The van der Waals surface area contributed by atoms with Crippen molar-refractivity contribution in [1.29, 1.82) is 0 Å². The third kappa shape index (κ3) is 5.01. The molecule has 0 aromatic rings. The first-order chi connectivity index (χ1) is 8.38. The van der Waals surface area contributed by atoms with Crippen molar-refractivity contribution < 1.29 is 14.7 Å². The van der Waals surface area contributed by atoms with Gasteiger partial charge in [-0.1, -0.05) is 0 Å². The number of carboxylic acid groups (broad SMARTS) is 1. The van der Waals surface area contributed by atoms with Crippen LogP contribution in [0.5, 0.6) is 0 Å². The van der Waals surface area contributed by atoms with Gasteiger partial charge in [-0.05, 0) is 52.9 Å². The van der Waals surface area contributed by atoms with Crippen LogP contribution >= 0.6 is 0 Å². The molecule has 0 aromatic heterocycles.